The van der Waals surface area contributed by atoms with E-state index in [2.05, 4.69) is 41.8 Å². The molecule has 0 radical (unpaired) electrons. The molecule has 0 rings (SSSR count). The van der Waals surface area contributed by atoms with Crippen molar-refractivity contribution < 1.29 is 53.1 Å². The maximum absolute atomic E-state index is 11.0. The molecule has 0 fully saturated rings. The average molecular weight is 530 g/mol. The van der Waals surface area contributed by atoms with Crippen LogP contribution >= 0.6 is 15.6 Å². The first-order valence-corrected chi connectivity index (χ1v) is 11.1. The second-order valence-corrected chi connectivity index (χ2v) is 8.70. The predicted molar refractivity (Wildman–Crippen MR) is 123 cm³/mol. The number of hydrogen-bond acceptors (Lipinski definition) is 9. The van der Waals surface area contributed by atoms with Gasteiger partial charge in [0.15, 0.2) is 0 Å². The van der Waals surface area contributed by atoms with Crippen LogP contribution in [0.5, 0.6) is 0 Å². The van der Waals surface area contributed by atoms with Crippen LogP contribution in [0, 0.1) is 0 Å². The van der Waals surface area contributed by atoms with E-state index >= 15 is 0 Å². The topological polar surface area (TPSA) is 360 Å². The normalized spacial score (nSPS) is 12.3. The molecule has 0 aromatic carbocycles. The maximum atomic E-state index is 11.0. The van der Waals surface area contributed by atoms with Gasteiger partial charge in [0.2, 0.25) is 6.16 Å². The molecule has 0 aliphatic carbocycles. The van der Waals surface area contributed by atoms with Gasteiger partial charge in [0.1, 0.15) is 0 Å². The lowest BCUT2D eigenvalue weighted by atomic mass is 10.1. The van der Waals surface area contributed by atoms with Crippen LogP contribution in [0.15, 0.2) is 34.9 Å². The summed E-state index contributed by atoms with van der Waals surface area (Å²) in [6, 6.07) is 0. The molecule has 0 aliphatic rings. The Bertz CT molecular complexity index is 671. The quantitative estimate of drug-likeness (QED) is 0.191. The largest absolute Gasteiger partial charge is 0.790 e. The highest BCUT2D eigenvalue weighted by atomic mass is 31.3. The molecule has 15 nitrogen and oxygen atoms in total. The Kier molecular flexibility index (Phi) is 37.3. The molecule has 0 aromatic rings. The summed E-state index contributed by atoms with van der Waals surface area (Å²) >= 11 is 0. The molecule has 0 spiro atoms. The van der Waals surface area contributed by atoms with Gasteiger partial charge in [0, 0.05) is 0 Å². The first-order valence-electron chi connectivity index (χ1n) is 8.18. The third-order valence-corrected chi connectivity index (χ3v) is 5.05. The highest BCUT2D eigenvalue weighted by Crippen LogP contribution is 2.50. The Balaban J connectivity index is -0.000000138. The molecule has 1 unspecified atom stereocenters. The molecular weight excluding hydrogens is 486 g/mol. The number of phosphoric ester groups is 1. The van der Waals surface area contributed by atoms with E-state index in [4.69, 9.17) is 15.0 Å². The van der Waals surface area contributed by atoms with Gasteiger partial charge >= 0.3 is 0 Å². The number of carbonyl (C=O) groups is 1. The Morgan fingerprint density at radius 2 is 1.21 bits per heavy atom. The molecule has 19 N–H and O–H groups in total. The van der Waals surface area contributed by atoms with Gasteiger partial charge in [0.05, 0.1) is 14.4 Å². The molecule has 17 heteroatoms. The molecule has 0 amide bonds. The van der Waals surface area contributed by atoms with Gasteiger partial charge in [-0.15, -0.1) is 0 Å². The lowest BCUT2D eigenvalue weighted by molar-refractivity contribution is -0.339. The first-order chi connectivity index (χ1) is 12.6. The highest BCUT2D eigenvalue weighted by Gasteiger charge is 2.10. The molecule has 0 aromatic heterocycles. The zero-order valence-electron chi connectivity index (χ0n) is 20.8. The van der Waals surface area contributed by atoms with Gasteiger partial charge in [-0.2, -0.15) is 0 Å². The number of carboxylic acid groups (broad SMARTS) is 2. The van der Waals surface area contributed by atoms with Crippen LogP contribution < -0.4 is 44.4 Å². The third kappa shape index (κ3) is 44.9. The van der Waals surface area contributed by atoms with Crippen LogP contribution in [0.2, 0.25) is 0 Å². The fraction of sp³-hybridized carbons (Fsp3) is 0.562. The Labute approximate surface area is 195 Å². The summed E-state index contributed by atoms with van der Waals surface area (Å²) in [5.74, 6) is 0. The van der Waals surface area contributed by atoms with Crippen LogP contribution in [0.25, 0.3) is 0 Å². The van der Waals surface area contributed by atoms with Gasteiger partial charge in [-0.3, -0.25) is 8.88 Å². The van der Waals surface area contributed by atoms with Gasteiger partial charge in [0.25, 0.3) is 7.82 Å². The van der Waals surface area contributed by atoms with Crippen molar-refractivity contribution in [1.29, 1.82) is 0 Å². The van der Waals surface area contributed by atoms with Crippen molar-refractivity contribution >= 4 is 21.8 Å². The van der Waals surface area contributed by atoms with Crippen molar-refractivity contribution in [1.82, 2.24) is 24.6 Å². The number of phosphoric acid groups is 2. The maximum Gasteiger partial charge on any atom is 0.272 e. The first kappa shape index (κ1) is 48.9. The molecular formula is C16H44N4O11P2. The number of quaternary nitrogens is 4. The van der Waals surface area contributed by atoms with Gasteiger partial charge in [-0.05, 0) is 53.4 Å². The summed E-state index contributed by atoms with van der Waals surface area (Å²) < 4.78 is 28.9. The van der Waals surface area contributed by atoms with E-state index in [-0.39, 0.29) is 36.7 Å². The molecule has 0 saturated heterocycles. The zero-order chi connectivity index (χ0) is 22.4. The number of hydrogen-bond donors (Lipinski definition) is 5. The number of rotatable bonds is 11. The van der Waals surface area contributed by atoms with E-state index in [0.717, 1.165) is 31.3 Å². The molecule has 204 valence electrons. The van der Waals surface area contributed by atoms with Crippen molar-refractivity contribution in [2.75, 3.05) is 6.61 Å². The standard InChI is InChI=1S/C15H28O7P2.CH2O3.4H3N.H2O/c1-13(2)7-5-8-14(3)9-6-10-15(4)11-12-21-24(19,20)22-23(16,17)18;2-1(3)4;;;;;/h7,9,11H,5-6,8,10,12H2,1-4H3,(H,19,20)(H2,16,17,18);(H2,2,3,4);4*1H3;1H2. The van der Waals surface area contributed by atoms with Gasteiger partial charge < -0.3 is 68.9 Å². The van der Waals surface area contributed by atoms with Gasteiger partial charge in [-0.25, -0.2) is 0 Å². The SMILES string of the molecule is CC(C)=CCCC(C)=CCCC(C)=CCOP(=O)([O-])OP(=O)([O-])[O-].O.O=C([O-])O.[NH4+].[NH4+].[NH4+].[NH4+]. The predicted octanol–water partition coefficient (Wildman–Crippen LogP) is 2.30. The molecule has 0 bridgehead atoms. The molecule has 1 atom stereocenters. The summed E-state index contributed by atoms with van der Waals surface area (Å²) in [5.41, 5.74) is 3.47. The Hall–Kier alpha value is -1.45. The van der Waals surface area contributed by atoms with Gasteiger partial charge in [-0.1, -0.05) is 34.9 Å². The highest BCUT2D eigenvalue weighted by molar-refractivity contribution is 7.58. The zero-order valence-corrected chi connectivity index (χ0v) is 22.6. The van der Waals surface area contributed by atoms with E-state index in [0.29, 0.717) is 0 Å². The summed E-state index contributed by atoms with van der Waals surface area (Å²) in [6.45, 7) is 7.62. The van der Waals surface area contributed by atoms with Crippen LogP contribution in [0.4, 0.5) is 4.79 Å². The minimum absolute atomic E-state index is 0. The second-order valence-electron chi connectivity index (χ2n) is 6.00. The third-order valence-electron chi connectivity index (χ3n) is 2.99. The molecule has 0 saturated carbocycles. The van der Waals surface area contributed by atoms with Crippen molar-refractivity contribution in [2.45, 2.75) is 53.4 Å². The van der Waals surface area contributed by atoms with Crippen molar-refractivity contribution in [3.8, 4) is 0 Å². The van der Waals surface area contributed by atoms with Crippen molar-refractivity contribution in [3.05, 3.63) is 34.9 Å². The van der Waals surface area contributed by atoms with E-state index in [1.165, 1.54) is 17.2 Å². The Morgan fingerprint density at radius 3 is 1.58 bits per heavy atom. The lowest BCUT2D eigenvalue weighted by Crippen LogP contribution is -2.19. The minimum Gasteiger partial charge on any atom is -0.790 e. The van der Waals surface area contributed by atoms with E-state index in [9.17, 15) is 23.8 Å². The lowest BCUT2D eigenvalue weighted by Gasteiger charge is -2.34. The van der Waals surface area contributed by atoms with Crippen LogP contribution in [0.1, 0.15) is 53.4 Å². The van der Waals surface area contributed by atoms with Crippen LogP contribution in [-0.4, -0.2) is 23.3 Å². The van der Waals surface area contributed by atoms with Crippen molar-refractivity contribution in [2.24, 2.45) is 0 Å². The number of allylic oxidation sites excluding steroid dienone is 5. The van der Waals surface area contributed by atoms with E-state index < -0.39 is 21.8 Å². The minimum atomic E-state index is -5.63. The summed E-state index contributed by atoms with van der Waals surface area (Å²) in [6.07, 6.45) is 7.27. The summed E-state index contributed by atoms with van der Waals surface area (Å²) in [4.78, 5) is 40.0. The fourth-order valence-corrected chi connectivity index (χ4v) is 3.18. The van der Waals surface area contributed by atoms with Crippen LogP contribution in [-0.2, 0) is 18.0 Å². The molecule has 33 heavy (non-hydrogen) atoms. The fourth-order valence-electron chi connectivity index (χ4n) is 1.76. The second kappa shape index (κ2) is 25.2. The Morgan fingerprint density at radius 1 is 0.848 bits per heavy atom. The van der Waals surface area contributed by atoms with Crippen molar-refractivity contribution in [3.63, 3.8) is 0 Å². The monoisotopic (exact) mass is 530 g/mol. The van der Waals surface area contributed by atoms with Crippen LogP contribution in [0.3, 0.4) is 0 Å². The van der Waals surface area contributed by atoms with E-state index in [1.54, 1.807) is 6.92 Å². The smallest absolute Gasteiger partial charge is 0.272 e. The molecule has 0 aliphatic heterocycles. The molecule has 0 heterocycles. The summed E-state index contributed by atoms with van der Waals surface area (Å²) in [5, 5.41) is 15.3. The summed E-state index contributed by atoms with van der Waals surface area (Å²) in [7, 11) is -10.8. The van der Waals surface area contributed by atoms with E-state index in [1.807, 2.05) is 0 Å². The average Bonchev–Trinajstić information content (AvgIpc) is 2.43.